The van der Waals surface area contributed by atoms with Crippen molar-refractivity contribution < 1.29 is 4.79 Å². The third kappa shape index (κ3) is 1.72. The Bertz CT molecular complexity index is 226. The lowest BCUT2D eigenvalue weighted by molar-refractivity contribution is -0.126. The molecule has 0 amide bonds. The Morgan fingerprint density at radius 2 is 2.00 bits per heavy atom. The molecule has 1 saturated carbocycles. The zero-order valence-corrected chi connectivity index (χ0v) is 9.33. The molecule has 2 fully saturated rings. The van der Waals surface area contributed by atoms with E-state index in [2.05, 4.69) is 18.7 Å². The number of nitrogens with zero attached hydrogens (tertiary/aromatic N) is 1. The smallest absolute Gasteiger partial charge is 0.149 e. The predicted octanol–water partition coefficient (Wildman–Crippen LogP) is 2.23. The van der Waals surface area contributed by atoms with Crippen molar-refractivity contribution in [2.75, 3.05) is 6.54 Å². The van der Waals surface area contributed by atoms with E-state index in [1.165, 1.54) is 12.8 Å². The number of hydrogen-bond acceptors (Lipinski definition) is 2. The summed E-state index contributed by atoms with van der Waals surface area (Å²) in [6.45, 7) is 5.72. The second-order valence-electron chi connectivity index (χ2n) is 4.97. The van der Waals surface area contributed by atoms with E-state index in [-0.39, 0.29) is 6.04 Å². The summed E-state index contributed by atoms with van der Waals surface area (Å²) in [6, 6.07) is 0.880. The maximum Gasteiger partial charge on any atom is 0.149 e. The molecule has 2 heteroatoms. The normalized spacial score (nSPS) is 40.4. The van der Waals surface area contributed by atoms with Crippen LogP contribution in [0.1, 0.15) is 46.0 Å². The van der Waals surface area contributed by atoms with E-state index < -0.39 is 0 Å². The van der Waals surface area contributed by atoms with Crippen molar-refractivity contribution in [3.8, 4) is 0 Å². The van der Waals surface area contributed by atoms with Gasteiger partial charge in [-0.1, -0.05) is 13.3 Å². The van der Waals surface area contributed by atoms with Gasteiger partial charge < -0.3 is 0 Å². The molecular formula is C12H21NO. The van der Waals surface area contributed by atoms with E-state index in [0.717, 1.165) is 31.7 Å². The fraction of sp³-hybridized carbons (Fsp3) is 0.917. The molecule has 14 heavy (non-hydrogen) atoms. The quantitative estimate of drug-likeness (QED) is 0.639. The fourth-order valence-electron chi connectivity index (χ4n) is 2.88. The van der Waals surface area contributed by atoms with Crippen LogP contribution in [0.25, 0.3) is 0 Å². The molecule has 0 N–H and O–H groups in total. The molecule has 0 radical (unpaired) electrons. The highest BCUT2D eigenvalue weighted by atomic mass is 16.1. The molecular weight excluding hydrogens is 174 g/mol. The summed E-state index contributed by atoms with van der Waals surface area (Å²) in [5.41, 5.74) is 0. The lowest BCUT2D eigenvalue weighted by Crippen LogP contribution is -2.45. The Morgan fingerprint density at radius 3 is 2.57 bits per heavy atom. The second-order valence-corrected chi connectivity index (χ2v) is 4.97. The summed E-state index contributed by atoms with van der Waals surface area (Å²) >= 11 is 0. The third-order valence-corrected chi connectivity index (χ3v) is 4.11. The summed E-state index contributed by atoms with van der Waals surface area (Å²) in [4.78, 5) is 14.2. The summed E-state index contributed by atoms with van der Waals surface area (Å²) in [5.74, 6) is 1.27. The van der Waals surface area contributed by atoms with Gasteiger partial charge in [0, 0.05) is 12.5 Å². The molecule has 80 valence electrons. The van der Waals surface area contributed by atoms with Gasteiger partial charge in [0.05, 0.1) is 6.04 Å². The molecule has 1 aliphatic carbocycles. The van der Waals surface area contributed by atoms with E-state index in [1.807, 2.05) is 0 Å². The molecule has 3 atom stereocenters. The first-order valence-corrected chi connectivity index (χ1v) is 5.98. The molecule has 1 saturated heterocycles. The van der Waals surface area contributed by atoms with Crippen molar-refractivity contribution in [1.82, 2.24) is 4.90 Å². The van der Waals surface area contributed by atoms with Crippen LogP contribution in [0.2, 0.25) is 0 Å². The van der Waals surface area contributed by atoms with Crippen molar-refractivity contribution in [3.05, 3.63) is 0 Å². The van der Waals surface area contributed by atoms with Gasteiger partial charge in [-0.05, 0) is 38.6 Å². The van der Waals surface area contributed by atoms with Crippen LogP contribution < -0.4 is 0 Å². The number of carbonyl (C=O) groups is 1. The number of ketones is 1. The molecule has 0 aromatic heterocycles. The molecule has 1 heterocycles. The Kier molecular flexibility index (Phi) is 2.91. The largest absolute Gasteiger partial charge is 0.298 e. The first-order valence-electron chi connectivity index (χ1n) is 5.98. The topological polar surface area (TPSA) is 20.3 Å². The lowest BCUT2D eigenvalue weighted by Gasteiger charge is -2.33. The van der Waals surface area contributed by atoms with Crippen LogP contribution in [0, 0.1) is 5.92 Å². The standard InChI is InChI=1S/C12H21NO/c1-9-7-8-13(10(9)2)11-5-3-4-6-12(11)14/h9-11H,3-8H2,1-2H3. The fourth-order valence-corrected chi connectivity index (χ4v) is 2.88. The zero-order valence-electron chi connectivity index (χ0n) is 9.33. The molecule has 2 aliphatic rings. The van der Waals surface area contributed by atoms with Gasteiger partial charge in [0.25, 0.3) is 0 Å². The van der Waals surface area contributed by atoms with Crippen LogP contribution in [0.5, 0.6) is 0 Å². The highest BCUT2D eigenvalue weighted by molar-refractivity contribution is 5.84. The Labute approximate surface area is 86.7 Å². The Balaban J connectivity index is 2.03. The predicted molar refractivity (Wildman–Crippen MR) is 57.2 cm³/mol. The summed E-state index contributed by atoms with van der Waals surface area (Å²) in [7, 11) is 0. The molecule has 2 nitrogen and oxygen atoms in total. The number of carbonyl (C=O) groups excluding carboxylic acids is 1. The van der Waals surface area contributed by atoms with Gasteiger partial charge in [0.2, 0.25) is 0 Å². The van der Waals surface area contributed by atoms with Crippen molar-refractivity contribution in [2.24, 2.45) is 5.92 Å². The maximum atomic E-state index is 11.8. The van der Waals surface area contributed by atoms with E-state index >= 15 is 0 Å². The highest BCUT2D eigenvalue weighted by Gasteiger charge is 2.36. The number of likely N-dealkylation sites (tertiary alicyclic amines) is 1. The van der Waals surface area contributed by atoms with Crippen LogP contribution in [-0.2, 0) is 4.79 Å². The summed E-state index contributed by atoms with van der Waals surface area (Å²) < 4.78 is 0. The molecule has 1 aliphatic heterocycles. The second kappa shape index (κ2) is 4.01. The zero-order chi connectivity index (χ0) is 10.1. The summed E-state index contributed by atoms with van der Waals surface area (Å²) in [6.07, 6.45) is 5.56. The van der Waals surface area contributed by atoms with Gasteiger partial charge in [0.1, 0.15) is 5.78 Å². The highest BCUT2D eigenvalue weighted by Crippen LogP contribution is 2.30. The van der Waals surface area contributed by atoms with Crippen molar-refractivity contribution in [2.45, 2.75) is 58.0 Å². The number of hydrogen-bond donors (Lipinski definition) is 0. The number of rotatable bonds is 1. The first-order chi connectivity index (χ1) is 6.70. The molecule has 3 unspecified atom stereocenters. The minimum atomic E-state index is 0.267. The minimum absolute atomic E-state index is 0.267. The van der Waals surface area contributed by atoms with Crippen LogP contribution in [0.4, 0.5) is 0 Å². The monoisotopic (exact) mass is 195 g/mol. The van der Waals surface area contributed by atoms with Gasteiger partial charge in [-0.2, -0.15) is 0 Å². The van der Waals surface area contributed by atoms with Gasteiger partial charge in [-0.3, -0.25) is 9.69 Å². The first kappa shape index (κ1) is 10.2. The van der Waals surface area contributed by atoms with E-state index in [9.17, 15) is 4.79 Å². The Hall–Kier alpha value is -0.370. The van der Waals surface area contributed by atoms with E-state index in [1.54, 1.807) is 0 Å². The number of Topliss-reactive ketones (excluding diaryl/α,β-unsaturated/α-hetero) is 1. The third-order valence-electron chi connectivity index (χ3n) is 4.11. The van der Waals surface area contributed by atoms with Gasteiger partial charge in [-0.15, -0.1) is 0 Å². The van der Waals surface area contributed by atoms with Crippen molar-refractivity contribution in [1.29, 1.82) is 0 Å². The van der Waals surface area contributed by atoms with Crippen LogP contribution in [0.3, 0.4) is 0 Å². The SMILES string of the molecule is CC1CCN(C2CCCCC2=O)C1C. The van der Waals surface area contributed by atoms with E-state index in [0.29, 0.717) is 11.8 Å². The minimum Gasteiger partial charge on any atom is -0.298 e. The van der Waals surface area contributed by atoms with Gasteiger partial charge >= 0.3 is 0 Å². The molecule has 0 bridgehead atoms. The molecule has 0 spiro atoms. The molecule has 0 aromatic carbocycles. The Morgan fingerprint density at radius 1 is 1.21 bits per heavy atom. The van der Waals surface area contributed by atoms with Crippen molar-refractivity contribution >= 4 is 5.78 Å². The van der Waals surface area contributed by atoms with E-state index in [4.69, 9.17) is 0 Å². The average molecular weight is 195 g/mol. The van der Waals surface area contributed by atoms with Crippen molar-refractivity contribution in [3.63, 3.8) is 0 Å². The molecule has 0 aromatic rings. The van der Waals surface area contributed by atoms with Crippen LogP contribution in [-0.4, -0.2) is 29.3 Å². The lowest BCUT2D eigenvalue weighted by atomic mass is 9.92. The molecule has 2 rings (SSSR count). The van der Waals surface area contributed by atoms with Gasteiger partial charge in [0.15, 0.2) is 0 Å². The average Bonchev–Trinajstić information content (AvgIpc) is 2.49. The van der Waals surface area contributed by atoms with Gasteiger partial charge in [-0.25, -0.2) is 0 Å². The summed E-state index contributed by atoms with van der Waals surface area (Å²) in [5, 5.41) is 0. The van der Waals surface area contributed by atoms with Crippen LogP contribution in [0.15, 0.2) is 0 Å². The maximum absolute atomic E-state index is 11.8. The van der Waals surface area contributed by atoms with Crippen LogP contribution >= 0.6 is 0 Å².